The fourth-order valence-corrected chi connectivity index (χ4v) is 3.83. The van der Waals surface area contributed by atoms with Crippen molar-refractivity contribution in [1.82, 2.24) is 15.6 Å². The molecule has 6 heteroatoms. The lowest BCUT2D eigenvalue weighted by Crippen LogP contribution is -2.30. The predicted octanol–water partition coefficient (Wildman–Crippen LogP) is 4.59. The largest absolute Gasteiger partial charge is 0.347 e. The van der Waals surface area contributed by atoms with Crippen molar-refractivity contribution in [2.75, 3.05) is 0 Å². The normalized spacial score (nSPS) is 11.5. The van der Waals surface area contributed by atoms with Crippen LogP contribution in [0.5, 0.6) is 0 Å². The molecule has 5 nitrogen and oxygen atoms in total. The van der Waals surface area contributed by atoms with Crippen LogP contribution in [-0.2, 0) is 6.54 Å². The van der Waals surface area contributed by atoms with E-state index in [0.717, 1.165) is 16.8 Å². The fourth-order valence-electron chi connectivity index (χ4n) is 3.19. The van der Waals surface area contributed by atoms with E-state index in [9.17, 15) is 9.59 Å². The third-order valence-electron chi connectivity index (χ3n) is 4.81. The molecule has 1 atom stereocenters. The van der Waals surface area contributed by atoms with Crippen LogP contribution in [0, 0.1) is 0 Å². The van der Waals surface area contributed by atoms with Gasteiger partial charge >= 0.3 is 0 Å². The average molecular weight is 428 g/mol. The van der Waals surface area contributed by atoms with Crippen LogP contribution in [0.2, 0.25) is 0 Å². The molecule has 0 spiro atoms. The summed E-state index contributed by atoms with van der Waals surface area (Å²) in [7, 11) is 0. The molecule has 0 aliphatic heterocycles. The first-order chi connectivity index (χ1) is 15.2. The SMILES string of the molecule is O=C(N[C@@H](c1ccccc1)c1ccccn1)c1ccc(CNC(=O)c2cccs2)cc1. The summed E-state index contributed by atoms with van der Waals surface area (Å²) in [5.74, 6) is -0.286. The number of aromatic nitrogens is 1. The molecule has 2 aromatic heterocycles. The van der Waals surface area contributed by atoms with Crippen molar-refractivity contribution in [2.45, 2.75) is 12.6 Å². The first-order valence-electron chi connectivity index (χ1n) is 9.88. The van der Waals surface area contributed by atoms with E-state index in [1.54, 1.807) is 24.4 Å². The summed E-state index contributed by atoms with van der Waals surface area (Å²) >= 11 is 1.40. The summed E-state index contributed by atoms with van der Waals surface area (Å²) in [4.78, 5) is 30.1. The summed E-state index contributed by atoms with van der Waals surface area (Å²) in [5, 5.41) is 7.84. The highest BCUT2D eigenvalue weighted by Gasteiger charge is 2.18. The zero-order valence-electron chi connectivity index (χ0n) is 16.7. The number of hydrogen-bond acceptors (Lipinski definition) is 4. The number of thiophene rings is 1. The molecule has 0 saturated carbocycles. The number of carbonyl (C=O) groups is 2. The molecular weight excluding hydrogens is 406 g/mol. The van der Waals surface area contributed by atoms with Crippen molar-refractivity contribution in [2.24, 2.45) is 0 Å². The second kappa shape index (κ2) is 9.82. The number of carbonyl (C=O) groups excluding carboxylic acids is 2. The lowest BCUT2D eigenvalue weighted by Gasteiger charge is -2.19. The Balaban J connectivity index is 1.44. The summed E-state index contributed by atoms with van der Waals surface area (Å²) in [5.41, 5.74) is 3.20. The number of rotatable bonds is 7. The number of pyridine rings is 1. The van der Waals surface area contributed by atoms with Crippen molar-refractivity contribution in [3.05, 3.63) is 124 Å². The summed E-state index contributed by atoms with van der Waals surface area (Å²) in [6.45, 7) is 0.402. The topological polar surface area (TPSA) is 71.1 Å². The lowest BCUT2D eigenvalue weighted by molar-refractivity contribution is 0.0937. The van der Waals surface area contributed by atoms with Gasteiger partial charge in [-0.3, -0.25) is 14.6 Å². The fraction of sp³-hybridized carbons (Fsp3) is 0.0800. The molecule has 0 aliphatic rings. The standard InChI is InChI=1S/C25H21N3O2S/c29-24(28-23(19-7-2-1-3-8-19)21-9-4-5-15-26-21)20-13-11-18(12-14-20)17-27-25(30)22-10-6-16-31-22/h1-16,23H,17H2,(H,27,30)(H,28,29)/t23-/m0/s1. The maximum atomic E-state index is 12.9. The Labute approximate surface area is 184 Å². The van der Waals surface area contributed by atoms with Gasteiger partial charge in [-0.1, -0.05) is 54.6 Å². The minimum absolute atomic E-state index is 0.0992. The molecule has 4 rings (SSSR count). The lowest BCUT2D eigenvalue weighted by atomic mass is 10.0. The highest BCUT2D eigenvalue weighted by atomic mass is 32.1. The Bertz CT molecular complexity index is 1090. The Morgan fingerprint density at radius 2 is 1.61 bits per heavy atom. The maximum Gasteiger partial charge on any atom is 0.261 e. The summed E-state index contributed by atoms with van der Waals surface area (Å²) < 4.78 is 0. The van der Waals surface area contributed by atoms with Gasteiger partial charge in [0.05, 0.1) is 16.6 Å². The molecule has 2 N–H and O–H groups in total. The zero-order chi connectivity index (χ0) is 21.5. The van der Waals surface area contributed by atoms with Crippen LogP contribution in [0.15, 0.2) is 96.5 Å². The van der Waals surface area contributed by atoms with Crippen LogP contribution in [0.1, 0.15) is 42.9 Å². The Morgan fingerprint density at radius 3 is 2.29 bits per heavy atom. The van der Waals surface area contributed by atoms with Crippen LogP contribution in [0.3, 0.4) is 0 Å². The van der Waals surface area contributed by atoms with E-state index in [0.29, 0.717) is 17.0 Å². The molecule has 0 aliphatic carbocycles. The van der Waals surface area contributed by atoms with Crippen molar-refractivity contribution in [3.8, 4) is 0 Å². The molecule has 0 bridgehead atoms. The van der Waals surface area contributed by atoms with Crippen LogP contribution in [0.25, 0.3) is 0 Å². The molecule has 2 amide bonds. The molecule has 0 saturated heterocycles. The Morgan fingerprint density at radius 1 is 0.839 bits per heavy atom. The molecule has 0 unspecified atom stereocenters. The molecule has 4 aromatic rings. The molecular formula is C25H21N3O2S. The molecule has 2 heterocycles. The van der Waals surface area contributed by atoms with Gasteiger partial charge in [-0.25, -0.2) is 0 Å². The molecule has 0 fully saturated rings. The van der Waals surface area contributed by atoms with Gasteiger partial charge in [0, 0.05) is 18.3 Å². The van der Waals surface area contributed by atoms with Crippen molar-refractivity contribution in [1.29, 1.82) is 0 Å². The van der Waals surface area contributed by atoms with E-state index < -0.39 is 0 Å². The van der Waals surface area contributed by atoms with Crippen LogP contribution in [-0.4, -0.2) is 16.8 Å². The van der Waals surface area contributed by atoms with Gasteiger partial charge in [-0.2, -0.15) is 0 Å². The smallest absolute Gasteiger partial charge is 0.261 e. The second-order valence-electron chi connectivity index (χ2n) is 6.93. The second-order valence-corrected chi connectivity index (χ2v) is 7.88. The van der Waals surface area contributed by atoms with E-state index in [1.165, 1.54) is 11.3 Å². The highest BCUT2D eigenvalue weighted by Crippen LogP contribution is 2.20. The van der Waals surface area contributed by atoms with Crippen molar-refractivity contribution in [3.63, 3.8) is 0 Å². The van der Waals surface area contributed by atoms with Gasteiger partial charge in [0.15, 0.2) is 0 Å². The van der Waals surface area contributed by atoms with Gasteiger partial charge in [-0.05, 0) is 46.8 Å². The molecule has 31 heavy (non-hydrogen) atoms. The maximum absolute atomic E-state index is 12.9. The molecule has 0 radical (unpaired) electrons. The highest BCUT2D eigenvalue weighted by molar-refractivity contribution is 7.12. The van der Waals surface area contributed by atoms with E-state index in [4.69, 9.17) is 0 Å². The van der Waals surface area contributed by atoms with E-state index in [1.807, 2.05) is 72.1 Å². The number of amides is 2. The minimum Gasteiger partial charge on any atom is -0.347 e. The number of nitrogens with one attached hydrogen (secondary N) is 2. The Kier molecular flexibility index (Phi) is 6.50. The van der Waals surface area contributed by atoms with Crippen molar-refractivity contribution >= 4 is 23.2 Å². The van der Waals surface area contributed by atoms with Crippen LogP contribution >= 0.6 is 11.3 Å². The van der Waals surface area contributed by atoms with Gasteiger partial charge in [0.25, 0.3) is 11.8 Å². The van der Waals surface area contributed by atoms with E-state index in [-0.39, 0.29) is 17.9 Å². The number of benzene rings is 2. The minimum atomic E-state index is -0.348. The molecule has 154 valence electrons. The first kappa shape index (κ1) is 20.5. The quantitative estimate of drug-likeness (QED) is 0.453. The monoisotopic (exact) mass is 427 g/mol. The average Bonchev–Trinajstić information content (AvgIpc) is 3.37. The number of hydrogen-bond donors (Lipinski definition) is 2. The third-order valence-corrected chi connectivity index (χ3v) is 5.67. The summed E-state index contributed by atoms with van der Waals surface area (Å²) in [6, 6.07) is 25.9. The van der Waals surface area contributed by atoms with E-state index in [2.05, 4.69) is 15.6 Å². The van der Waals surface area contributed by atoms with E-state index >= 15 is 0 Å². The Hall–Kier alpha value is -3.77. The molecule has 2 aromatic carbocycles. The number of nitrogens with zero attached hydrogens (tertiary/aromatic N) is 1. The summed E-state index contributed by atoms with van der Waals surface area (Å²) in [6.07, 6.45) is 1.72. The first-order valence-corrected chi connectivity index (χ1v) is 10.8. The van der Waals surface area contributed by atoms with Crippen LogP contribution < -0.4 is 10.6 Å². The van der Waals surface area contributed by atoms with Gasteiger partial charge in [-0.15, -0.1) is 11.3 Å². The van der Waals surface area contributed by atoms with Crippen LogP contribution in [0.4, 0.5) is 0 Å². The van der Waals surface area contributed by atoms with Crippen molar-refractivity contribution < 1.29 is 9.59 Å². The zero-order valence-corrected chi connectivity index (χ0v) is 17.5. The third kappa shape index (κ3) is 5.24. The van der Waals surface area contributed by atoms with Gasteiger partial charge in [0.1, 0.15) is 0 Å². The van der Waals surface area contributed by atoms with Gasteiger partial charge in [0.2, 0.25) is 0 Å². The van der Waals surface area contributed by atoms with Gasteiger partial charge < -0.3 is 10.6 Å². The predicted molar refractivity (Wildman–Crippen MR) is 122 cm³/mol.